The molecule has 116 valence electrons. The van der Waals surface area contributed by atoms with Crippen LogP contribution in [0.2, 0.25) is 0 Å². The van der Waals surface area contributed by atoms with Crippen LogP contribution in [0.15, 0.2) is 53.3 Å². The summed E-state index contributed by atoms with van der Waals surface area (Å²) >= 11 is 0. The molecule has 0 aliphatic rings. The van der Waals surface area contributed by atoms with E-state index >= 15 is 0 Å². The summed E-state index contributed by atoms with van der Waals surface area (Å²) in [7, 11) is 0. The van der Waals surface area contributed by atoms with Crippen molar-refractivity contribution in [1.82, 2.24) is 20.3 Å². The van der Waals surface area contributed by atoms with E-state index in [9.17, 15) is 14.0 Å². The van der Waals surface area contributed by atoms with Crippen molar-refractivity contribution in [3.8, 4) is 0 Å². The lowest BCUT2D eigenvalue weighted by Gasteiger charge is -2.07. The van der Waals surface area contributed by atoms with Gasteiger partial charge in [-0.25, -0.2) is 9.07 Å². The highest BCUT2D eigenvalue weighted by molar-refractivity contribution is 5.78. The maximum Gasteiger partial charge on any atom is 0.278 e. The van der Waals surface area contributed by atoms with E-state index in [0.717, 1.165) is 4.68 Å². The van der Waals surface area contributed by atoms with Crippen LogP contribution < -0.4 is 10.9 Å². The average molecular weight is 312 g/mol. The van der Waals surface area contributed by atoms with Crippen LogP contribution in [0.4, 0.5) is 4.39 Å². The number of carbonyl (C=O) groups is 1. The Bertz CT molecular complexity index is 923. The Balaban J connectivity index is 1.71. The fraction of sp³-hybridized carbons (Fsp3) is 0.125. The largest absolute Gasteiger partial charge is 0.350 e. The number of nitrogens with one attached hydrogen (secondary N) is 1. The van der Waals surface area contributed by atoms with Crippen LogP contribution >= 0.6 is 0 Å². The van der Waals surface area contributed by atoms with E-state index in [4.69, 9.17) is 0 Å². The highest BCUT2D eigenvalue weighted by atomic mass is 19.1. The molecule has 1 N–H and O–H groups in total. The summed E-state index contributed by atoms with van der Waals surface area (Å²) in [5.74, 6) is -0.769. The summed E-state index contributed by atoms with van der Waals surface area (Å²) in [6, 6.07) is 12.7. The molecule has 6 nitrogen and oxygen atoms in total. The van der Waals surface area contributed by atoms with Crippen LogP contribution in [0, 0.1) is 5.82 Å². The molecule has 0 saturated heterocycles. The predicted molar refractivity (Wildman–Crippen MR) is 82.0 cm³/mol. The van der Waals surface area contributed by atoms with Gasteiger partial charge in [0.25, 0.3) is 5.56 Å². The molecule has 0 bridgehead atoms. The number of hydrogen-bond acceptors (Lipinski definition) is 4. The van der Waals surface area contributed by atoms with Crippen molar-refractivity contribution in [3.05, 3.63) is 70.3 Å². The van der Waals surface area contributed by atoms with Crippen molar-refractivity contribution in [2.24, 2.45) is 0 Å². The van der Waals surface area contributed by atoms with Gasteiger partial charge < -0.3 is 5.32 Å². The topological polar surface area (TPSA) is 76.9 Å². The third kappa shape index (κ3) is 3.39. The summed E-state index contributed by atoms with van der Waals surface area (Å²) in [5.41, 5.74) is 0.737. The minimum absolute atomic E-state index is 0.173. The first-order chi connectivity index (χ1) is 11.1. The van der Waals surface area contributed by atoms with Crippen molar-refractivity contribution in [3.63, 3.8) is 0 Å². The monoisotopic (exact) mass is 312 g/mol. The fourth-order valence-corrected chi connectivity index (χ4v) is 2.17. The molecular weight excluding hydrogens is 299 g/mol. The molecule has 1 amide bonds. The highest BCUT2D eigenvalue weighted by Crippen LogP contribution is 2.04. The third-order valence-electron chi connectivity index (χ3n) is 3.30. The zero-order valence-corrected chi connectivity index (χ0v) is 12.1. The van der Waals surface area contributed by atoms with Crippen molar-refractivity contribution < 1.29 is 9.18 Å². The molecule has 2 aromatic carbocycles. The Labute approximate surface area is 130 Å². The summed E-state index contributed by atoms with van der Waals surface area (Å²) in [6.45, 7) is -0.0711. The molecule has 0 spiro atoms. The summed E-state index contributed by atoms with van der Waals surface area (Å²) in [6.07, 6.45) is 0. The average Bonchev–Trinajstić information content (AvgIpc) is 2.56. The zero-order chi connectivity index (χ0) is 16.2. The van der Waals surface area contributed by atoms with Crippen LogP contribution in [0.5, 0.6) is 0 Å². The first kappa shape index (κ1) is 14.8. The van der Waals surface area contributed by atoms with E-state index in [1.54, 1.807) is 36.4 Å². The van der Waals surface area contributed by atoms with Crippen LogP contribution in [0.3, 0.4) is 0 Å². The molecule has 0 aliphatic heterocycles. The molecule has 3 rings (SSSR count). The van der Waals surface area contributed by atoms with E-state index in [1.807, 2.05) is 0 Å². The molecule has 0 aliphatic carbocycles. The van der Waals surface area contributed by atoms with Crippen LogP contribution in [0.1, 0.15) is 5.56 Å². The van der Waals surface area contributed by atoms with Crippen LogP contribution in [0.25, 0.3) is 10.9 Å². The van der Waals surface area contributed by atoms with Crippen molar-refractivity contribution >= 4 is 16.8 Å². The summed E-state index contributed by atoms with van der Waals surface area (Å²) < 4.78 is 14.1. The van der Waals surface area contributed by atoms with Crippen LogP contribution in [-0.2, 0) is 17.9 Å². The molecule has 0 fully saturated rings. The van der Waals surface area contributed by atoms with Gasteiger partial charge >= 0.3 is 0 Å². The van der Waals surface area contributed by atoms with Gasteiger partial charge in [-0.1, -0.05) is 29.5 Å². The van der Waals surface area contributed by atoms with Gasteiger partial charge in [0.15, 0.2) is 0 Å². The Morgan fingerprint density at radius 2 is 2.00 bits per heavy atom. The number of aromatic nitrogens is 3. The smallest absolute Gasteiger partial charge is 0.278 e. The zero-order valence-electron chi connectivity index (χ0n) is 12.1. The van der Waals surface area contributed by atoms with E-state index in [0.29, 0.717) is 16.5 Å². The van der Waals surface area contributed by atoms with Gasteiger partial charge in [0, 0.05) is 6.54 Å². The Morgan fingerprint density at radius 1 is 1.17 bits per heavy atom. The van der Waals surface area contributed by atoms with Crippen molar-refractivity contribution in [1.29, 1.82) is 0 Å². The van der Waals surface area contributed by atoms with E-state index in [1.165, 1.54) is 12.1 Å². The summed E-state index contributed by atoms with van der Waals surface area (Å²) in [5, 5.41) is 10.7. The van der Waals surface area contributed by atoms with E-state index in [-0.39, 0.29) is 24.5 Å². The van der Waals surface area contributed by atoms with Crippen molar-refractivity contribution in [2.75, 3.05) is 0 Å². The minimum Gasteiger partial charge on any atom is -0.350 e. The lowest BCUT2D eigenvalue weighted by molar-refractivity contribution is -0.122. The molecule has 3 aromatic rings. The Kier molecular flexibility index (Phi) is 4.09. The number of benzene rings is 2. The van der Waals surface area contributed by atoms with Gasteiger partial charge in [0.2, 0.25) is 5.91 Å². The molecule has 1 heterocycles. The summed E-state index contributed by atoms with van der Waals surface area (Å²) in [4.78, 5) is 24.1. The molecule has 0 atom stereocenters. The van der Waals surface area contributed by atoms with Gasteiger partial charge in [-0.15, -0.1) is 5.10 Å². The third-order valence-corrected chi connectivity index (χ3v) is 3.30. The predicted octanol–water partition coefficient (Wildman–Crippen LogP) is 1.25. The maximum absolute atomic E-state index is 13.1. The minimum atomic E-state index is -0.402. The SMILES string of the molecule is O=C(Cn1nnc2ccccc2c1=O)NCc1cccc(F)c1. The lowest BCUT2D eigenvalue weighted by Crippen LogP contribution is -2.34. The number of rotatable bonds is 4. The molecule has 7 heteroatoms. The van der Waals surface area contributed by atoms with Gasteiger partial charge in [-0.2, -0.15) is 0 Å². The van der Waals surface area contributed by atoms with Gasteiger partial charge in [0.05, 0.1) is 5.39 Å². The second-order valence-corrected chi connectivity index (χ2v) is 4.98. The standard InChI is InChI=1S/C16H13FN4O2/c17-12-5-3-4-11(8-12)9-18-15(22)10-21-16(23)13-6-1-2-7-14(13)19-20-21/h1-8H,9-10H2,(H,18,22). The molecule has 0 radical (unpaired) electrons. The van der Waals surface area contributed by atoms with E-state index < -0.39 is 5.91 Å². The molecular formula is C16H13FN4O2. The number of halogens is 1. The number of nitrogens with zero attached hydrogens (tertiary/aromatic N) is 3. The highest BCUT2D eigenvalue weighted by Gasteiger charge is 2.09. The fourth-order valence-electron chi connectivity index (χ4n) is 2.17. The first-order valence-electron chi connectivity index (χ1n) is 6.97. The lowest BCUT2D eigenvalue weighted by atomic mass is 10.2. The van der Waals surface area contributed by atoms with E-state index in [2.05, 4.69) is 15.6 Å². The second-order valence-electron chi connectivity index (χ2n) is 4.98. The van der Waals surface area contributed by atoms with Crippen molar-refractivity contribution in [2.45, 2.75) is 13.1 Å². The van der Waals surface area contributed by atoms with Crippen LogP contribution in [-0.4, -0.2) is 20.9 Å². The normalized spacial score (nSPS) is 10.7. The van der Waals surface area contributed by atoms with Gasteiger partial charge in [-0.3, -0.25) is 9.59 Å². The molecule has 0 unspecified atom stereocenters. The van der Waals surface area contributed by atoms with Gasteiger partial charge in [0.1, 0.15) is 17.9 Å². The maximum atomic E-state index is 13.1. The first-order valence-corrected chi connectivity index (χ1v) is 6.97. The second kappa shape index (κ2) is 6.35. The number of amides is 1. The number of hydrogen-bond donors (Lipinski definition) is 1. The molecule has 1 aromatic heterocycles. The quantitative estimate of drug-likeness (QED) is 0.786. The molecule has 0 saturated carbocycles. The number of carbonyl (C=O) groups excluding carboxylic acids is 1. The number of fused-ring (bicyclic) bond motifs is 1. The Morgan fingerprint density at radius 3 is 2.83 bits per heavy atom. The Hall–Kier alpha value is -3.09. The van der Waals surface area contributed by atoms with Gasteiger partial charge in [-0.05, 0) is 29.8 Å². The molecule has 23 heavy (non-hydrogen) atoms.